The van der Waals surface area contributed by atoms with Gasteiger partial charge in [-0.3, -0.25) is 4.79 Å². The predicted molar refractivity (Wildman–Crippen MR) is 74.1 cm³/mol. The maximum Gasteiger partial charge on any atom is 0.247 e. The van der Waals surface area contributed by atoms with Crippen LogP contribution in [0.4, 0.5) is 4.39 Å². The summed E-state index contributed by atoms with van der Waals surface area (Å²) in [6.07, 6.45) is 3.66. The van der Waals surface area contributed by atoms with E-state index in [9.17, 15) is 9.18 Å². The number of carbonyl (C=O) groups is 1. The second-order valence-electron chi connectivity index (χ2n) is 5.40. The average molecular weight is 261 g/mol. The fourth-order valence-electron chi connectivity index (χ4n) is 2.32. The molecule has 1 aromatic carbocycles. The maximum atomic E-state index is 13.9. The van der Waals surface area contributed by atoms with Gasteiger partial charge in [0.05, 0.1) is 6.04 Å². The lowest BCUT2D eigenvalue weighted by molar-refractivity contribution is -0.128. The number of carbonyl (C=O) groups excluding carboxylic acids is 1. The van der Waals surface area contributed by atoms with Crippen molar-refractivity contribution < 1.29 is 9.18 Å². The maximum absolute atomic E-state index is 13.9. The van der Waals surface area contributed by atoms with Crippen LogP contribution in [0.1, 0.15) is 45.2 Å². The van der Waals surface area contributed by atoms with Gasteiger partial charge in [0.1, 0.15) is 5.82 Å². The zero-order valence-corrected chi connectivity index (χ0v) is 11.7. The normalized spacial score (nSPS) is 15.8. The fraction of sp³-hybridized carbons (Fsp3) is 0.438. The molecule has 3 heteroatoms. The highest BCUT2D eigenvalue weighted by Crippen LogP contribution is 2.35. The molecule has 0 bridgehead atoms. The SMILES string of the molecule is CC(C)=CC(=O)N(C1CC1)C(C)c1ccccc1F. The molecule has 0 aliphatic heterocycles. The Balaban J connectivity index is 2.27. The summed E-state index contributed by atoms with van der Waals surface area (Å²) in [7, 11) is 0. The second kappa shape index (κ2) is 5.55. The van der Waals surface area contributed by atoms with E-state index >= 15 is 0 Å². The summed E-state index contributed by atoms with van der Waals surface area (Å²) >= 11 is 0. The summed E-state index contributed by atoms with van der Waals surface area (Å²) in [5, 5.41) is 0. The van der Waals surface area contributed by atoms with Gasteiger partial charge >= 0.3 is 0 Å². The average Bonchev–Trinajstić information content (AvgIpc) is 3.13. The summed E-state index contributed by atoms with van der Waals surface area (Å²) in [4.78, 5) is 14.1. The molecular formula is C16H20FNO. The van der Waals surface area contributed by atoms with E-state index in [-0.39, 0.29) is 23.8 Å². The molecule has 2 rings (SSSR count). The Kier molecular flexibility index (Phi) is 4.03. The van der Waals surface area contributed by atoms with Crippen molar-refractivity contribution in [2.24, 2.45) is 0 Å². The van der Waals surface area contributed by atoms with Gasteiger partial charge in [0, 0.05) is 17.7 Å². The number of benzene rings is 1. The van der Waals surface area contributed by atoms with Crippen LogP contribution in [0.25, 0.3) is 0 Å². The third-order valence-electron chi connectivity index (χ3n) is 3.38. The summed E-state index contributed by atoms with van der Waals surface area (Å²) < 4.78 is 13.9. The highest BCUT2D eigenvalue weighted by Gasteiger charge is 2.36. The zero-order chi connectivity index (χ0) is 14.0. The molecule has 0 aromatic heterocycles. The van der Waals surface area contributed by atoms with Crippen LogP contribution in [0.2, 0.25) is 0 Å². The Labute approximate surface area is 113 Å². The number of nitrogens with zero attached hydrogens (tertiary/aromatic N) is 1. The lowest BCUT2D eigenvalue weighted by atomic mass is 10.1. The van der Waals surface area contributed by atoms with Crippen LogP contribution in [0.5, 0.6) is 0 Å². The Morgan fingerprint density at radius 1 is 1.37 bits per heavy atom. The van der Waals surface area contributed by atoms with E-state index in [0.29, 0.717) is 5.56 Å². The fourth-order valence-corrected chi connectivity index (χ4v) is 2.32. The molecule has 0 spiro atoms. The van der Waals surface area contributed by atoms with Crippen molar-refractivity contribution >= 4 is 5.91 Å². The van der Waals surface area contributed by atoms with Crippen molar-refractivity contribution in [1.82, 2.24) is 4.90 Å². The minimum Gasteiger partial charge on any atom is -0.329 e. The standard InChI is InChI=1S/C16H20FNO/c1-11(2)10-16(19)18(13-8-9-13)12(3)14-6-4-5-7-15(14)17/h4-7,10,12-13H,8-9H2,1-3H3. The molecule has 1 atom stereocenters. The Bertz CT molecular complexity index is 501. The molecule has 1 aliphatic rings. The van der Waals surface area contributed by atoms with Crippen molar-refractivity contribution in [3.63, 3.8) is 0 Å². The summed E-state index contributed by atoms with van der Waals surface area (Å²) in [6, 6.07) is 6.72. The first-order valence-corrected chi connectivity index (χ1v) is 6.72. The van der Waals surface area contributed by atoms with E-state index in [1.165, 1.54) is 6.07 Å². The van der Waals surface area contributed by atoms with E-state index in [2.05, 4.69) is 0 Å². The van der Waals surface area contributed by atoms with E-state index in [4.69, 9.17) is 0 Å². The van der Waals surface area contributed by atoms with Crippen LogP contribution in [-0.2, 0) is 4.79 Å². The molecule has 0 N–H and O–H groups in total. The smallest absolute Gasteiger partial charge is 0.247 e. The first-order chi connectivity index (χ1) is 9.00. The third kappa shape index (κ3) is 3.22. The number of rotatable bonds is 4. The monoisotopic (exact) mass is 261 g/mol. The molecule has 1 amide bonds. The molecule has 0 saturated heterocycles. The zero-order valence-electron chi connectivity index (χ0n) is 11.7. The van der Waals surface area contributed by atoms with Gasteiger partial charge in [0.15, 0.2) is 0 Å². The minimum atomic E-state index is -0.245. The molecule has 1 aromatic rings. The van der Waals surface area contributed by atoms with Crippen molar-refractivity contribution in [1.29, 1.82) is 0 Å². The Morgan fingerprint density at radius 2 is 2.00 bits per heavy atom. The summed E-state index contributed by atoms with van der Waals surface area (Å²) in [5.41, 5.74) is 1.56. The first-order valence-electron chi connectivity index (χ1n) is 6.72. The van der Waals surface area contributed by atoms with Gasteiger partial charge in [-0.25, -0.2) is 4.39 Å². The van der Waals surface area contributed by atoms with Gasteiger partial charge in [-0.1, -0.05) is 23.8 Å². The molecule has 2 nitrogen and oxygen atoms in total. The van der Waals surface area contributed by atoms with Gasteiger partial charge in [0.25, 0.3) is 0 Å². The second-order valence-corrected chi connectivity index (χ2v) is 5.40. The number of hydrogen-bond donors (Lipinski definition) is 0. The highest BCUT2D eigenvalue weighted by atomic mass is 19.1. The van der Waals surface area contributed by atoms with Crippen molar-refractivity contribution in [2.45, 2.75) is 45.7 Å². The molecule has 19 heavy (non-hydrogen) atoms. The van der Waals surface area contributed by atoms with E-state index < -0.39 is 0 Å². The molecule has 102 valence electrons. The van der Waals surface area contributed by atoms with Gasteiger partial charge in [0.2, 0.25) is 5.91 Å². The van der Waals surface area contributed by atoms with Crippen molar-refractivity contribution in [3.8, 4) is 0 Å². The van der Waals surface area contributed by atoms with E-state index in [1.54, 1.807) is 18.2 Å². The molecule has 0 heterocycles. The third-order valence-corrected chi connectivity index (χ3v) is 3.38. The Hall–Kier alpha value is -1.64. The van der Waals surface area contributed by atoms with Crippen molar-refractivity contribution in [2.75, 3.05) is 0 Å². The van der Waals surface area contributed by atoms with Crippen LogP contribution in [0.3, 0.4) is 0 Å². The van der Waals surface area contributed by atoms with Gasteiger partial charge in [-0.05, 0) is 39.7 Å². The Morgan fingerprint density at radius 3 is 2.53 bits per heavy atom. The molecule has 0 radical (unpaired) electrons. The van der Waals surface area contributed by atoms with Crippen LogP contribution in [0, 0.1) is 5.82 Å². The topological polar surface area (TPSA) is 20.3 Å². The van der Waals surface area contributed by atoms with Crippen LogP contribution >= 0.6 is 0 Å². The number of amides is 1. The van der Waals surface area contributed by atoms with Crippen LogP contribution < -0.4 is 0 Å². The van der Waals surface area contributed by atoms with Crippen LogP contribution in [0.15, 0.2) is 35.9 Å². The number of allylic oxidation sites excluding steroid dienone is 1. The summed E-state index contributed by atoms with van der Waals surface area (Å²) in [5.74, 6) is -0.260. The molecular weight excluding hydrogens is 241 g/mol. The molecule has 1 saturated carbocycles. The van der Waals surface area contributed by atoms with E-state index in [0.717, 1.165) is 18.4 Å². The molecule has 1 unspecified atom stereocenters. The minimum absolute atomic E-state index is 0.0155. The number of hydrogen-bond acceptors (Lipinski definition) is 1. The lowest BCUT2D eigenvalue weighted by Crippen LogP contribution is -2.34. The lowest BCUT2D eigenvalue weighted by Gasteiger charge is -2.29. The van der Waals surface area contributed by atoms with Gasteiger partial charge in [-0.2, -0.15) is 0 Å². The largest absolute Gasteiger partial charge is 0.329 e. The van der Waals surface area contributed by atoms with Gasteiger partial charge in [-0.15, -0.1) is 0 Å². The van der Waals surface area contributed by atoms with Crippen molar-refractivity contribution in [3.05, 3.63) is 47.3 Å². The van der Waals surface area contributed by atoms with Gasteiger partial charge < -0.3 is 4.90 Å². The summed E-state index contributed by atoms with van der Waals surface area (Å²) in [6.45, 7) is 5.70. The van der Waals surface area contributed by atoms with Crippen LogP contribution in [-0.4, -0.2) is 16.8 Å². The predicted octanol–water partition coefficient (Wildman–Crippen LogP) is 3.84. The first kappa shape index (κ1) is 13.8. The molecule has 1 fully saturated rings. The number of halogens is 1. The quantitative estimate of drug-likeness (QED) is 0.754. The molecule has 1 aliphatic carbocycles. The van der Waals surface area contributed by atoms with E-state index in [1.807, 2.05) is 31.7 Å². The highest BCUT2D eigenvalue weighted by molar-refractivity contribution is 5.89.